The van der Waals surface area contributed by atoms with Crippen LogP contribution in [0.15, 0.2) is 12.2 Å². The van der Waals surface area contributed by atoms with Gasteiger partial charge in [0.25, 0.3) is 0 Å². The molecule has 0 N–H and O–H groups in total. The molecule has 0 radical (unpaired) electrons. The summed E-state index contributed by atoms with van der Waals surface area (Å²) in [6, 6.07) is 0. The van der Waals surface area contributed by atoms with E-state index in [4.69, 9.17) is 4.74 Å². The minimum atomic E-state index is 0.426. The lowest BCUT2D eigenvalue weighted by molar-refractivity contribution is 0.0732. The maximum Gasteiger partial charge on any atom is 0.0755 e. The van der Waals surface area contributed by atoms with Crippen LogP contribution in [0, 0.1) is 0 Å². The van der Waals surface area contributed by atoms with E-state index in [1.54, 1.807) is 0 Å². The summed E-state index contributed by atoms with van der Waals surface area (Å²) in [6.45, 7) is 3.13. The molecule has 1 atom stereocenters. The van der Waals surface area contributed by atoms with Crippen LogP contribution in [0.1, 0.15) is 39.0 Å². The molecule has 0 aliphatic heterocycles. The first kappa shape index (κ1) is 8.79. The number of unbranched alkanes of at least 4 members (excludes halogenated alkanes) is 1. The van der Waals surface area contributed by atoms with Gasteiger partial charge in [0.15, 0.2) is 0 Å². The van der Waals surface area contributed by atoms with Crippen molar-refractivity contribution < 1.29 is 4.74 Å². The molecule has 1 aliphatic rings. The van der Waals surface area contributed by atoms with Gasteiger partial charge in [0.1, 0.15) is 0 Å². The van der Waals surface area contributed by atoms with Crippen molar-refractivity contribution in [3.05, 3.63) is 12.2 Å². The van der Waals surface area contributed by atoms with Crippen LogP contribution in [0.2, 0.25) is 0 Å². The van der Waals surface area contributed by atoms with Gasteiger partial charge >= 0.3 is 0 Å². The van der Waals surface area contributed by atoms with Gasteiger partial charge in [-0.15, -0.1) is 0 Å². The summed E-state index contributed by atoms with van der Waals surface area (Å²) in [5, 5.41) is 0. The lowest BCUT2D eigenvalue weighted by atomic mass is 10.1. The van der Waals surface area contributed by atoms with Crippen LogP contribution < -0.4 is 0 Å². The third-order valence-corrected chi connectivity index (χ3v) is 2.04. The van der Waals surface area contributed by atoms with Crippen LogP contribution in [0.3, 0.4) is 0 Å². The molecule has 0 bridgehead atoms. The summed E-state index contributed by atoms with van der Waals surface area (Å²) in [5.74, 6) is 0. The molecule has 11 heavy (non-hydrogen) atoms. The molecule has 1 unspecified atom stereocenters. The van der Waals surface area contributed by atoms with Gasteiger partial charge in [0.05, 0.1) is 6.10 Å². The summed E-state index contributed by atoms with van der Waals surface area (Å²) < 4.78 is 5.64. The lowest BCUT2D eigenvalue weighted by Crippen LogP contribution is -2.12. The fourth-order valence-electron chi connectivity index (χ4n) is 1.30. The maximum absolute atomic E-state index is 5.64. The molecular formula is C10H18O. The van der Waals surface area contributed by atoms with Crippen molar-refractivity contribution in [1.29, 1.82) is 0 Å². The Kier molecular flexibility index (Phi) is 4.29. The van der Waals surface area contributed by atoms with E-state index in [0.29, 0.717) is 6.10 Å². The van der Waals surface area contributed by atoms with Gasteiger partial charge < -0.3 is 4.74 Å². The summed E-state index contributed by atoms with van der Waals surface area (Å²) in [4.78, 5) is 0. The summed E-state index contributed by atoms with van der Waals surface area (Å²) in [6.07, 6.45) is 11.1. The molecule has 0 aromatic rings. The summed E-state index contributed by atoms with van der Waals surface area (Å²) in [7, 11) is 0. The van der Waals surface area contributed by atoms with Crippen LogP contribution in [-0.2, 0) is 4.74 Å². The summed E-state index contributed by atoms with van der Waals surface area (Å²) >= 11 is 0. The number of ether oxygens (including phenoxy) is 1. The average molecular weight is 154 g/mol. The van der Waals surface area contributed by atoms with Crippen LogP contribution in [0.5, 0.6) is 0 Å². The molecule has 1 heteroatoms. The van der Waals surface area contributed by atoms with E-state index in [1.807, 2.05) is 0 Å². The lowest BCUT2D eigenvalue weighted by Gasteiger charge is -2.16. The molecule has 0 amide bonds. The third kappa shape index (κ3) is 3.57. The zero-order valence-electron chi connectivity index (χ0n) is 7.38. The highest BCUT2D eigenvalue weighted by Gasteiger charge is 2.06. The van der Waals surface area contributed by atoms with Crippen molar-refractivity contribution in [2.75, 3.05) is 6.61 Å². The molecule has 0 fully saturated rings. The number of hydrogen-bond donors (Lipinski definition) is 0. The topological polar surface area (TPSA) is 9.23 Å². The molecule has 1 rings (SSSR count). The number of rotatable bonds is 4. The Morgan fingerprint density at radius 2 is 2.45 bits per heavy atom. The Labute approximate surface area is 69.4 Å². The Morgan fingerprint density at radius 1 is 1.55 bits per heavy atom. The molecule has 0 spiro atoms. The van der Waals surface area contributed by atoms with Gasteiger partial charge in [-0.1, -0.05) is 25.5 Å². The SMILES string of the molecule is CCCCOC1C=CCCC1. The Bertz CT molecular complexity index is 118. The van der Waals surface area contributed by atoms with Crippen molar-refractivity contribution in [1.82, 2.24) is 0 Å². The first-order valence-electron chi connectivity index (χ1n) is 4.71. The van der Waals surface area contributed by atoms with E-state index in [0.717, 1.165) is 6.61 Å². The van der Waals surface area contributed by atoms with Crippen molar-refractivity contribution in [3.8, 4) is 0 Å². The highest BCUT2D eigenvalue weighted by molar-refractivity contribution is 4.93. The van der Waals surface area contributed by atoms with Gasteiger partial charge in [-0.3, -0.25) is 0 Å². The molecule has 0 heterocycles. The van der Waals surface area contributed by atoms with Crippen LogP contribution in [0.4, 0.5) is 0 Å². The Hall–Kier alpha value is -0.300. The quantitative estimate of drug-likeness (QED) is 0.447. The highest BCUT2D eigenvalue weighted by Crippen LogP contribution is 2.13. The minimum Gasteiger partial charge on any atom is -0.374 e. The maximum atomic E-state index is 5.64. The predicted molar refractivity (Wildman–Crippen MR) is 47.6 cm³/mol. The van der Waals surface area contributed by atoms with Crippen molar-refractivity contribution in [3.63, 3.8) is 0 Å². The standard InChI is InChI=1S/C10H18O/c1-2-3-9-11-10-7-5-4-6-8-10/h5,7,10H,2-4,6,8-9H2,1H3. The monoisotopic (exact) mass is 154 g/mol. The van der Waals surface area contributed by atoms with Crippen LogP contribution in [-0.4, -0.2) is 12.7 Å². The second-order valence-corrected chi connectivity index (χ2v) is 3.12. The molecule has 0 aromatic carbocycles. The molecule has 64 valence electrons. The van der Waals surface area contributed by atoms with E-state index in [2.05, 4.69) is 19.1 Å². The zero-order chi connectivity index (χ0) is 7.94. The Morgan fingerprint density at radius 3 is 3.09 bits per heavy atom. The largest absolute Gasteiger partial charge is 0.374 e. The number of allylic oxidation sites excluding steroid dienone is 1. The van der Waals surface area contributed by atoms with E-state index >= 15 is 0 Å². The summed E-state index contributed by atoms with van der Waals surface area (Å²) in [5.41, 5.74) is 0. The first-order valence-corrected chi connectivity index (χ1v) is 4.71. The molecule has 0 saturated heterocycles. The van der Waals surface area contributed by atoms with E-state index in [1.165, 1.54) is 32.1 Å². The molecule has 0 saturated carbocycles. The number of hydrogen-bond acceptors (Lipinski definition) is 1. The van der Waals surface area contributed by atoms with E-state index < -0.39 is 0 Å². The van der Waals surface area contributed by atoms with Crippen LogP contribution >= 0.6 is 0 Å². The fraction of sp³-hybridized carbons (Fsp3) is 0.800. The zero-order valence-corrected chi connectivity index (χ0v) is 7.38. The fourth-order valence-corrected chi connectivity index (χ4v) is 1.30. The van der Waals surface area contributed by atoms with Gasteiger partial charge in [-0.05, 0) is 25.7 Å². The molecule has 1 aliphatic carbocycles. The second kappa shape index (κ2) is 5.36. The minimum absolute atomic E-state index is 0.426. The average Bonchev–Trinajstić information content (AvgIpc) is 2.07. The normalized spacial score (nSPS) is 23.9. The second-order valence-electron chi connectivity index (χ2n) is 3.12. The van der Waals surface area contributed by atoms with Crippen LogP contribution in [0.25, 0.3) is 0 Å². The highest BCUT2D eigenvalue weighted by atomic mass is 16.5. The van der Waals surface area contributed by atoms with E-state index in [-0.39, 0.29) is 0 Å². The molecular weight excluding hydrogens is 136 g/mol. The van der Waals surface area contributed by atoms with Crippen molar-refractivity contribution in [2.24, 2.45) is 0 Å². The van der Waals surface area contributed by atoms with Crippen molar-refractivity contribution in [2.45, 2.75) is 45.1 Å². The van der Waals surface area contributed by atoms with Crippen molar-refractivity contribution >= 4 is 0 Å². The van der Waals surface area contributed by atoms with E-state index in [9.17, 15) is 0 Å². The van der Waals surface area contributed by atoms with Gasteiger partial charge in [-0.2, -0.15) is 0 Å². The molecule has 0 aromatic heterocycles. The third-order valence-electron chi connectivity index (χ3n) is 2.04. The molecule has 1 nitrogen and oxygen atoms in total. The van der Waals surface area contributed by atoms with Gasteiger partial charge in [0.2, 0.25) is 0 Å². The predicted octanol–water partition coefficient (Wildman–Crippen LogP) is 2.91. The van der Waals surface area contributed by atoms with Gasteiger partial charge in [-0.25, -0.2) is 0 Å². The Balaban J connectivity index is 2.05. The van der Waals surface area contributed by atoms with Gasteiger partial charge in [0, 0.05) is 6.61 Å². The smallest absolute Gasteiger partial charge is 0.0755 e. The first-order chi connectivity index (χ1) is 5.43.